The summed E-state index contributed by atoms with van der Waals surface area (Å²) in [4.78, 5) is 0. The molecule has 1 nitrogen and oxygen atoms in total. The van der Waals surface area contributed by atoms with Crippen molar-refractivity contribution >= 4 is 0 Å². The predicted octanol–water partition coefficient (Wildman–Crippen LogP) is 4.93. The zero-order valence-electron chi connectivity index (χ0n) is 16.4. The smallest absolute Gasteiger partial charge is 0.198 e. The third-order valence-electron chi connectivity index (χ3n) is 5.97. The highest BCUT2D eigenvalue weighted by molar-refractivity contribution is 5.61. The van der Waals surface area contributed by atoms with Crippen molar-refractivity contribution in [3.63, 3.8) is 0 Å². The van der Waals surface area contributed by atoms with Gasteiger partial charge >= 0.3 is 0 Å². The topological polar surface area (TPSA) is 3.88 Å². The number of fused-ring (bicyclic) bond motifs is 1. The van der Waals surface area contributed by atoms with Gasteiger partial charge in [-0.05, 0) is 55.7 Å². The van der Waals surface area contributed by atoms with E-state index in [4.69, 9.17) is 2.74 Å². The van der Waals surface area contributed by atoms with Crippen molar-refractivity contribution in [2.45, 2.75) is 58.2 Å². The molecule has 0 aliphatic heterocycles. The van der Waals surface area contributed by atoms with Gasteiger partial charge in [-0.3, -0.25) is 0 Å². The van der Waals surface area contributed by atoms with E-state index in [1.165, 1.54) is 48.8 Å². The van der Waals surface area contributed by atoms with Crippen molar-refractivity contribution in [2.75, 3.05) is 0 Å². The molecule has 1 heterocycles. The van der Waals surface area contributed by atoms with Gasteiger partial charge in [0.2, 0.25) is 5.69 Å². The molecule has 1 aromatic heterocycles. The third kappa shape index (κ3) is 2.60. The van der Waals surface area contributed by atoms with Gasteiger partial charge in [-0.15, -0.1) is 0 Å². The van der Waals surface area contributed by atoms with Gasteiger partial charge in [-0.2, -0.15) is 4.57 Å². The van der Waals surface area contributed by atoms with Gasteiger partial charge in [0.05, 0.1) is 0 Å². The normalized spacial score (nSPS) is 23.0. The summed E-state index contributed by atoms with van der Waals surface area (Å²) in [6, 6.07) is 12.8. The molecule has 4 rings (SSSR count). The number of rotatable bonds is 1. The molecule has 1 heteroatoms. The third-order valence-corrected chi connectivity index (χ3v) is 5.97. The van der Waals surface area contributed by atoms with Gasteiger partial charge in [0, 0.05) is 26.3 Å². The van der Waals surface area contributed by atoms with E-state index in [-0.39, 0.29) is 5.41 Å². The molecule has 23 heavy (non-hydrogen) atoms. The first-order valence-electron chi connectivity index (χ1n) is 10.0. The molecule has 1 fully saturated rings. The lowest BCUT2D eigenvalue weighted by Gasteiger charge is -2.40. The molecule has 1 aromatic carbocycles. The second-order valence-corrected chi connectivity index (χ2v) is 7.56. The highest BCUT2D eigenvalue weighted by atomic mass is 15.0. The summed E-state index contributed by atoms with van der Waals surface area (Å²) in [5.41, 5.74) is 5.84. The van der Waals surface area contributed by atoms with Crippen molar-refractivity contribution in [3.05, 3.63) is 53.2 Å². The Morgan fingerprint density at radius 1 is 1.00 bits per heavy atom. The summed E-state index contributed by atoms with van der Waals surface area (Å²) in [7, 11) is 2.04. The molecule has 0 amide bonds. The molecular formula is C22H28N+. The zero-order chi connectivity index (χ0) is 17.7. The molecule has 0 N–H and O–H groups in total. The number of hydrogen-bond acceptors (Lipinski definition) is 0. The minimum absolute atomic E-state index is 0.186. The van der Waals surface area contributed by atoms with E-state index in [1.54, 1.807) is 0 Å². The molecule has 2 aromatic rings. The second kappa shape index (κ2) is 5.78. The SMILES string of the molecule is [2H]C1([2H])CC2(CCCCC2)Cc2ccc(-c3ccccc3C)[n+](C)c21. The highest BCUT2D eigenvalue weighted by Gasteiger charge is 2.38. The lowest BCUT2D eigenvalue weighted by atomic mass is 9.64. The van der Waals surface area contributed by atoms with Gasteiger partial charge in [-0.1, -0.05) is 37.5 Å². The Morgan fingerprint density at radius 3 is 2.57 bits per heavy atom. The van der Waals surface area contributed by atoms with Gasteiger partial charge in [0.15, 0.2) is 5.69 Å². The summed E-state index contributed by atoms with van der Waals surface area (Å²) < 4.78 is 19.9. The molecule has 2 aliphatic rings. The summed E-state index contributed by atoms with van der Waals surface area (Å²) in [6.07, 6.45) is 6.69. The quantitative estimate of drug-likeness (QED) is 0.658. The molecule has 120 valence electrons. The zero-order valence-corrected chi connectivity index (χ0v) is 14.4. The Kier molecular flexibility index (Phi) is 3.20. The van der Waals surface area contributed by atoms with Gasteiger partial charge in [0.1, 0.15) is 7.05 Å². The Morgan fingerprint density at radius 2 is 1.78 bits per heavy atom. The van der Waals surface area contributed by atoms with Gasteiger partial charge in [-0.25, -0.2) is 0 Å². The Balaban J connectivity index is 1.83. The van der Waals surface area contributed by atoms with Crippen LogP contribution in [0, 0.1) is 12.3 Å². The number of pyridine rings is 1. The first kappa shape index (κ1) is 12.8. The van der Waals surface area contributed by atoms with Gasteiger partial charge < -0.3 is 0 Å². The summed E-state index contributed by atoms with van der Waals surface area (Å²) in [5, 5.41) is 0. The van der Waals surface area contributed by atoms with Gasteiger partial charge in [0.25, 0.3) is 0 Å². The summed E-state index contributed by atoms with van der Waals surface area (Å²) in [6.45, 7) is 2.13. The van der Waals surface area contributed by atoms with E-state index < -0.39 is 6.37 Å². The average Bonchev–Trinajstić information content (AvgIpc) is 2.55. The number of hydrogen-bond donors (Lipinski definition) is 0. The van der Waals surface area contributed by atoms with E-state index in [0.29, 0.717) is 6.42 Å². The molecule has 0 bridgehead atoms. The Hall–Kier alpha value is -1.63. The van der Waals surface area contributed by atoms with E-state index in [0.717, 1.165) is 17.8 Å². The maximum Gasteiger partial charge on any atom is 0.212 e. The highest BCUT2D eigenvalue weighted by Crippen LogP contribution is 2.45. The molecular weight excluding hydrogens is 278 g/mol. The first-order valence-corrected chi connectivity index (χ1v) is 9.00. The van der Waals surface area contributed by atoms with Crippen molar-refractivity contribution < 1.29 is 7.31 Å². The number of benzene rings is 1. The lowest BCUT2D eigenvalue weighted by Crippen LogP contribution is -2.42. The molecule has 0 radical (unpaired) electrons. The molecule has 0 atom stereocenters. The maximum atomic E-state index is 8.87. The van der Waals surface area contributed by atoms with Crippen molar-refractivity contribution in [1.82, 2.24) is 0 Å². The largest absolute Gasteiger partial charge is 0.212 e. The fourth-order valence-electron chi connectivity index (χ4n) is 4.60. The van der Waals surface area contributed by atoms with Crippen LogP contribution in [0.15, 0.2) is 36.4 Å². The lowest BCUT2D eigenvalue weighted by molar-refractivity contribution is -0.669. The average molecular weight is 308 g/mol. The number of nitrogens with zero attached hydrogens (tertiary/aromatic N) is 1. The van der Waals surface area contributed by atoms with E-state index >= 15 is 0 Å². The van der Waals surface area contributed by atoms with Crippen molar-refractivity contribution in [3.8, 4) is 11.3 Å². The minimum Gasteiger partial charge on any atom is -0.198 e. The maximum absolute atomic E-state index is 8.87. The molecule has 2 aliphatic carbocycles. The van der Waals surface area contributed by atoms with Crippen molar-refractivity contribution in [2.24, 2.45) is 12.5 Å². The number of aromatic nitrogens is 1. The first-order chi connectivity index (χ1) is 11.9. The Bertz CT molecular complexity index is 804. The van der Waals surface area contributed by atoms with Crippen LogP contribution < -0.4 is 4.57 Å². The molecule has 1 saturated carbocycles. The van der Waals surface area contributed by atoms with E-state index in [9.17, 15) is 0 Å². The van der Waals surface area contributed by atoms with Crippen LogP contribution in [0.4, 0.5) is 0 Å². The van der Waals surface area contributed by atoms with E-state index in [2.05, 4.69) is 47.9 Å². The standard InChI is InChI=1S/C22H28N/c1-17-8-4-5-9-19(17)21-11-10-18-16-22(13-6-3-7-14-22)15-12-20(18)23(21)2/h4-5,8-11H,3,6-7,12-16H2,1-2H3/q+1/i12D2. The summed E-state index contributed by atoms with van der Waals surface area (Å²) in [5.74, 6) is 0. The van der Waals surface area contributed by atoms with Crippen LogP contribution in [0.5, 0.6) is 0 Å². The van der Waals surface area contributed by atoms with Crippen LogP contribution in [0.1, 0.15) is 58.1 Å². The fourth-order valence-corrected chi connectivity index (χ4v) is 4.60. The van der Waals surface area contributed by atoms with Crippen molar-refractivity contribution in [1.29, 1.82) is 0 Å². The monoisotopic (exact) mass is 308 g/mol. The molecule has 0 saturated heterocycles. The van der Waals surface area contributed by atoms with E-state index in [1.807, 2.05) is 7.05 Å². The minimum atomic E-state index is -1.25. The molecule has 1 spiro atoms. The number of aryl methyl sites for hydroxylation is 1. The molecule has 0 unspecified atom stereocenters. The van der Waals surface area contributed by atoms with Crippen LogP contribution in [-0.2, 0) is 19.8 Å². The van der Waals surface area contributed by atoms with Crippen LogP contribution in [0.2, 0.25) is 0 Å². The van der Waals surface area contributed by atoms with Crippen LogP contribution in [0.25, 0.3) is 11.3 Å². The van der Waals surface area contributed by atoms with Crippen LogP contribution >= 0.6 is 0 Å². The second-order valence-electron chi connectivity index (χ2n) is 7.56. The predicted molar refractivity (Wildman–Crippen MR) is 95.3 cm³/mol. The van der Waals surface area contributed by atoms with Crippen LogP contribution in [-0.4, -0.2) is 0 Å². The summed E-state index contributed by atoms with van der Waals surface area (Å²) >= 11 is 0. The Labute approximate surface area is 143 Å². The van der Waals surface area contributed by atoms with Crippen LogP contribution in [0.3, 0.4) is 0 Å². The fraction of sp³-hybridized carbons (Fsp3) is 0.500.